The fourth-order valence-corrected chi connectivity index (χ4v) is 2.42. The van der Waals surface area contributed by atoms with Gasteiger partial charge in [-0.3, -0.25) is 4.79 Å². The fraction of sp³-hybridized carbons (Fsp3) is 0. The zero-order chi connectivity index (χ0) is 11.8. The minimum Gasteiger partial charge on any atom is -0.461 e. The van der Waals surface area contributed by atoms with Gasteiger partial charge in [-0.1, -0.05) is 12.1 Å². The molecule has 0 amide bonds. The fourth-order valence-electron chi connectivity index (χ4n) is 1.70. The first kappa shape index (κ1) is 10.2. The summed E-state index contributed by atoms with van der Waals surface area (Å²) >= 11 is 1.60. The number of hydrogen-bond donors (Lipinski definition) is 0. The van der Waals surface area contributed by atoms with Crippen molar-refractivity contribution in [2.24, 2.45) is 0 Å². The van der Waals surface area contributed by atoms with Gasteiger partial charge in [-0.05, 0) is 29.1 Å². The smallest absolute Gasteiger partial charge is 0.228 e. The minimum absolute atomic E-state index is 0.269. The molecule has 2 aromatic heterocycles. The lowest BCUT2D eigenvalue weighted by Gasteiger charge is -2.00. The van der Waals surface area contributed by atoms with Gasteiger partial charge in [-0.25, -0.2) is 0 Å². The molecule has 17 heavy (non-hydrogen) atoms. The molecule has 3 rings (SSSR count). The Labute approximate surface area is 99.9 Å². The van der Waals surface area contributed by atoms with Gasteiger partial charge in [0.05, 0.1) is 5.39 Å². The van der Waals surface area contributed by atoms with Crippen molar-refractivity contribution in [2.45, 2.75) is 0 Å². The second-order valence-corrected chi connectivity index (χ2v) is 4.55. The summed E-state index contributed by atoms with van der Waals surface area (Å²) in [5.41, 5.74) is 0.744. The van der Waals surface area contributed by atoms with Gasteiger partial charge in [0.25, 0.3) is 0 Å². The maximum absolute atomic E-state index is 13.0. The summed E-state index contributed by atoms with van der Waals surface area (Å²) in [5, 5.41) is 2.24. The first-order chi connectivity index (χ1) is 8.25. The molecule has 4 heteroatoms. The normalized spacial score (nSPS) is 10.9. The number of benzene rings is 1. The average molecular weight is 246 g/mol. The molecule has 2 nitrogen and oxygen atoms in total. The average Bonchev–Trinajstić information content (AvgIpc) is 2.87. The molecule has 0 aliphatic heterocycles. The first-order valence-corrected chi connectivity index (χ1v) is 5.88. The van der Waals surface area contributed by atoms with Crippen molar-refractivity contribution < 1.29 is 8.81 Å². The summed E-state index contributed by atoms with van der Waals surface area (Å²) in [5.74, 6) is -0.860. The molecule has 0 atom stereocenters. The van der Waals surface area contributed by atoms with Crippen LogP contribution in [0, 0.1) is 5.82 Å². The van der Waals surface area contributed by atoms with E-state index in [0.29, 0.717) is 5.58 Å². The van der Waals surface area contributed by atoms with E-state index < -0.39 is 11.2 Å². The topological polar surface area (TPSA) is 30.2 Å². The van der Waals surface area contributed by atoms with E-state index in [1.807, 2.05) is 17.5 Å². The van der Waals surface area contributed by atoms with Crippen LogP contribution in [0.4, 0.5) is 4.39 Å². The number of halogens is 1. The third-order valence-electron chi connectivity index (χ3n) is 2.54. The predicted octanol–water partition coefficient (Wildman–Crippen LogP) is 3.66. The van der Waals surface area contributed by atoms with Crippen molar-refractivity contribution >= 4 is 22.3 Å². The van der Waals surface area contributed by atoms with Gasteiger partial charge >= 0.3 is 0 Å². The molecule has 3 aromatic rings. The zero-order valence-electron chi connectivity index (χ0n) is 8.64. The molecule has 0 aliphatic rings. The molecule has 0 spiro atoms. The third kappa shape index (κ3) is 1.66. The van der Waals surface area contributed by atoms with Crippen LogP contribution < -0.4 is 5.43 Å². The molecule has 0 radical (unpaired) electrons. The van der Waals surface area contributed by atoms with Gasteiger partial charge in [-0.15, -0.1) is 11.3 Å². The number of rotatable bonds is 1. The van der Waals surface area contributed by atoms with Crippen molar-refractivity contribution in [1.82, 2.24) is 0 Å². The van der Waals surface area contributed by atoms with Crippen LogP contribution in [0.15, 0.2) is 51.2 Å². The maximum Gasteiger partial charge on any atom is 0.228 e. The lowest BCUT2D eigenvalue weighted by molar-refractivity contribution is 0.520. The van der Waals surface area contributed by atoms with Gasteiger partial charge in [0, 0.05) is 4.88 Å². The van der Waals surface area contributed by atoms with Gasteiger partial charge < -0.3 is 4.42 Å². The highest BCUT2D eigenvalue weighted by Crippen LogP contribution is 2.27. The van der Waals surface area contributed by atoms with Crippen molar-refractivity contribution in [3.8, 4) is 10.4 Å². The highest BCUT2D eigenvalue weighted by atomic mass is 32.1. The van der Waals surface area contributed by atoms with Crippen LogP contribution >= 0.6 is 11.3 Å². The molecule has 0 saturated carbocycles. The molecule has 1 aromatic carbocycles. The Hall–Kier alpha value is -1.94. The molecule has 0 aliphatic carbocycles. The number of fused-ring (bicyclic) bond motifs is 1. The van der Waals surface area contributed by atoms with Crippen molar-refractivity contribution in [1.29, 1.82) is 0 Å². The monoisotopic (exact) mass is 246 g/mol. The van der Waals surface area contributed by atoms with Crippen LogP contribution in [0.2, 0.25) is 0 Å². The summed E-state index contributed by atoms with van der Waals surface area (Å²) in [6, 6.07) is 9.07. The Morgan fingerprint density at radius 2 is 2.12 bits per heavy atom. The Morgan fingerprint density at radius 3 is 2.88 bits per heavy atom. The molecule has 0 saturated heterocycles. The molecule has 2 heterocycles. The van der Waals surface area contributed by atoms with Crippen molar-refractivity contribution in [3.05, 3.63) is 58.0 Å². The van der Waals surface area contributed by atoms with Gasteiger partial charge in [0.15, 0.2) is 0 Å². The molecule has 0 bridgehead atoms. The minimum atomic E-state index is -0.860. The van der Waals surface area contributed by atoms with Gasteiger partial charge in [0.2, 0.25) is 11.2 Å². The first-order valence-electron chi connectivity index (χ1n) is 5.00. The zero-order valence-corrected chi connectivity index (χ0v) is 9.46. The lowest BCUT2D eigenvalue weighted by atomic mass is 10.1. The summed E-state index contributed by atoms with van der Waals surface area (Å²) in [4.78, 5) is 12.6. The van der Waals surface area contributed by atoms with E-state index in [0.717, 1.165) is 16.7 Å². The highest BCUT2D eigenvalue weighted by Gasteiger charge is 2.07. The summed E-state index contributed by atoms with van der Waals surface area (Å²) < 4.78 is 18.1. The van der Waals surface area contributed by atoms with Crippen molar-refractivity contribution in [2.75, 3.05) is 0 Å². The summed E-state index contributed by atoms with van der Waals surface area (Å²) in [7, 11) is 0. The number of thiophene rings is 1. The van der Waals surface area contributed by atoms with Gasteiger partial charge in [-0.2, -0.15) is 4.39 Å². The van der Waals surface area contributed by atoms with Crippen LogP contribution in [-0.4, -0.2) is 0 Å². The van der Waals surface area contributed by atoms with E-state index in [2.05, 4.69) is 0 Å². The van der Waals surface area contributed by atoms with Crippen LogP contribution in [0.1, 0.15) is 0 Å². The van der Waals surface area contributed by atoms with E-state index in [1.165, 1.54) is 0 Å². The van der Waals surface area contributed by atoms with E-state index in [1.54, 1.807) is 29.5 Å². The number of hydrogen-bond acceptors (Lipinski definition) is 3. The van der Waals surface area contributed by atoms with Crippen LogP contribution in [0.3, 0.4) is 0 Å². The Kier molecular flexibility index (Phi) is 2.30. The second kappa shape index (κ2) is 3.82. The quantitative estimate of drug-likeness (QED) is 0.656. The van der Waals surface area contributed by atoms with Crippen LogP contribution in [0.25, 0.3) is 21.4 Å². The Bertz CT molecular complexity index is 729. The summed E-state index contributed by atoms with van der Waals surface area (Å²) in [6.45, 7) is 0. The van der Waals surface area contributed by atoms with Gasteiger partial charge in [0.1, 0.15) is 11.8 Å². The van der Waals surface area contributed by atoms with Crippen molar-refractivity contribution in [3.63, 3.8) is 0 Å². The SMILES string of the molecule is O=c1c(F)coc2cc(-c3cccs3)ccc12. The molecular weight excluding hydrogens is 239 g/mol. The molecule has 0 unspecified atom stereocenters. The van der Waals surface area contributed by atoms with Crippen LogP contribution in [0.5, 0.6) is 0 Å². The standard InChI is InChI=1S/C13H7FO2S/c14-10-7-16-11-6-8(12-2-1-5-17-12)3-4-9(11)13(10)15/h1-7H. The van der Waals surface area contributed by atoms with E-state index >= 15 is 0 Å². The Morgan fingerprint density at radius 1 is 1.24 bits per heavy atom. The largest absolute Gasteiger partial charge is 0.461 e. The molecule has 84 valence electrons. The Balaban J connectivity index is 2.28. The van der Waals surface area contributed by atoms with E-state index in [-0.39, 0.29) is 5.39 Å². The second-order valence-electron chi connectivity index (χ2n) is 3.60. The molecular formula is C13H7FO2S. The molecule has 0 fully saturated rings. The lowest BCUT2D eigenvalue weighted by Crippen LogP contribution is -2.05. The molecule has 0 N–H and O–H groups in total. The highest BCUT2D eigenvalue weighted by molar-refractivity contribution is 7.13. The third-order valence-corrected chi connectivity index (χ3v) is 3.46. The summed E-state index contributed by atoms with van der Waals surface area (Å²) in [6.07, 6.45) is 0.850. The maximum atomic E-state index is 13.0. The van der Waals surface area contributed by atoms with Crippen LogP contribution in [-0.2, 0) is 0 Å². The van der Waals surface area contributed by atoms with E-state index in [9.17, 15) is 9.18 Å². The van der Waals surface area contributed by atoms with E-state index in [4.69, 9.17) is 4.42 Å². The predicted molar refractivity (Wildman–Crippen MR) is 65.8 cm³/mol.